The zero-order valence-electron chi connectivity index (χ0n) is 7.39. The van der Waals surface area contributed by atoms with Crippen LogP contribution in [0.15, 0.2) is 11.5 Å². The predicted molar refractivity (Wildman–Crippen MR) is 54.5 cm³/mol. The standard InChI is InChI=1S/C9H17NS/c1-3-6-9(10)7-4-5-8-11-2/h5,8,10H,3-4,6-7H2,1-2H3. The van der Waals surface area contributed by atoms with Crippen LogP contribution in [0.3, 0.4) is 0 Å². The Morgan fingerprint density at radius 3 is 2.73 bits per heavy atom. The Kier molecular flexibility index (Phi) is 7.69. The van der Waals surface area contributed by atoms with Gasteiger partial charge < -0.3 is 5.41 Å². The van der Waals surface area contributed by atoms with Gasteiger partial charge in [0.1, 0.15) is 0 Å². The smallest absolute Gasteiger partial charge is 0.00921 e. The maximum absolute atomic E-state index is 7.48. The first-order valence-corrected chi connectivity index (χ1v) is 5.34. The molecule has 0 aliphatic heterocycles. The zero-order chi connectivity index (χ0) is 8.53. The molecule has 0 aromatic carbocycles. The molecule has 0 fully saturated rings. The van der Waals surface area contributed by atoms with Crippen molar-refractivity contribution in [1.82, 2.24) is 0 Å². The van der Waals surface area contributed by atoms with E-state index in [1.165, 1.54) is 0 Å². The fraction of sp³-hybridized carbons (Fsp3) is 0.667. The molecule has 0 saturated carbocycles. The first-order chi connectivity index (χ1) is 5.31. The van der Waals surface area contributed by atoms with Crippen molar-refractivity contribution < 1.29 is 0 Å². The van der Waals surface area contributed by atoms with Crippen molar-refractivity contribution in [2.24, 2.45) is 0 Å². The SMILES string of the molecule is CCCC(=N)CCC=CSC. The van der Waals surface area contributed by atoms with Crippen molar-refractivity contribution in [2.45, 2.75) is 32.6 Å². The highest BCUT2D eigenvalue weighted by atomic mass is 32.2. The summed E-state index contributed by atoms with van der Waals surface area (Å²) in [5.74, 6) is 0. The van der Waals surface area contributed by atoms with Gasteiger partial charge in [-0.25, -0.2) is 0 Å². The van der Waals surface area contributed by atoms with E-state index in [1.54, 1.807) is 11.8 Å². The third-order valence-corrected chi connectivity index (χ3v) is 1.86. The molecule has 0 unspecified atom stereocenters. The molecule has 11 heavy (non-hydrogen) atoms. The summed E-state index contributed by atoms with van der Waals surface area (Å²) in [6.07, 6.45) is 8.21. The summed E-state index contributed by atoms with van der Waals surface area (Å²) in [5, 5.41) is 9.57. The fourth-order valence-electron chi connectivity index (χ4n) is 0.849. The molecule has 64 valence electrons. The minimum Gasteiger partial charge on any atom is -0.310 e. The third kappa shape index (κ3) is 7.66. The van der Waals surface area contributed by atoms with Gasteiger partial charge in [0.2, 0.25) is 0 Å². The molecule has 2 heteroatoms. The van der Waals surface area contributed by atoms with Crippen molar-refractivity contribution in [3.63, 3.8) is 0 Å². The van der Waals surface area contributed by atoms with Gasteiger partial charge in [-0.15, -0.1) is 11.8 Å². The Morgan fingerprint density at radius 2 is 2.18 bits per heavy atom. The number of nitrogens with one attached hydrogen (secondary N) is 1. The lowest BCUT2D eigenvalue weighted by Gasteiger charge is -1.97. The quantitative estimate of drug-likeness (QED) is 0.608. The average molecular weight is 171 g/mol. The molecule has 0 spiro atoms. The van der Waals surface area contributed by atoms with Crippen molar-refractivity contribution >= 4 is 17.5 Å². The van der Waals surface area contributed by atoms with E-state index in [1.807, 2.05) is 6.26 Å². The van der Waals surface area contributed by atoms with Gasteiger partial charge in [-0.05, 0) is 30.9 Å². The van der Waals surface area contributed by atoms with Crippen LogP contribution in [0.1, 0.15) is 32.6 Å². The maximum atomic E-state index is 7.48. The second kappa shape index (κ2) is 7.86. The van der Waals surface area contributed by atoms with Crippen LogP contribution in [-0.4, -0.2) is 12.0 Å². The van der Waals surface area contributed by atoms with Gasteiger partial charge in [-0.1, -0.05) is 19.4 Å². The van der Waals surface area contributed by atoms with Gasteiger partial charge in [-0.2, -0.15) is 0 Å². The summed E-state index contributed by atoms with van der Waals surface area (Å²) in [7, 11) is 0. The highest BCUT2D eigenvalue weighted by Gasteiger charge is 1.91. The molecule has 0 atom stereocenters. The van der Waals surface area contributed by atoms with E-state index >= 15 is 0 Å². The summed E-state index contributed by atoms with van der Waals surface area (Å²) in [4.78, 5) is 0. The first-order valence-electron chi connectivity index (χ1n) is 4.05. The number of hydrogen-bond donors (Lipinski definition) is 1. The third-order valence-electron chi connectivity index (χ3n) is 1.40. The number of thioether (sulfide) groups is 1. The maximum Gasteiger partial charge on any atom is 0.00921 e. The highest BCUT2D eigenvalue weighted by molar-refractivity contribution is 8.01. The van der Waals surface area contributed by atoms with Crippen LogP contribution >= 0.6 is 11.8 Å². The normalized spacial score (nSPS) is 10.7. The number of allylic oxidation sites excluding steroid dienone is 1. The Hall–Kier alpha value is -0.240. The van der Waals surface area contributed by atoms with Gasteiger partial charge in [0, 0.05) is 5.71 Å². The highest BCUT2D eigenvalue weighted by Crippen LogP contribution is 2.02. The molecule has 0 saturated heterocycles. The molecule has 0 aliphatic rings. The summed E-state index contributed by atoms with van der Waals surface area (Å²) < 4.78 is 0. The molecule has 0 rings (SSSR count). The summed E-state index contributed by atoms with van der Waals surface area (Å²) in [6, 6.07) is 0. The largest absolute Gasteiger partial charge is 0.310 e. The second-order valence-electron chi connectivity index (χ2n) is 2.50. The molecule has 0 aliphatic carbocycles. The van der Waals surface area contributed by atoms with Gasteiger partial charge in [0.15, 0.2) is 0 Å². The van der Waals surface area contributed by atoms with Crippen LogP contribution < -0.4 is 0 Å². The number of rotatable bonds is 6. The summed E-state index contributed by atoms with van der Waals surface area (Å²) in [6.45, 7) is 2.12. The Balaban J connectivity index is 3.24. The summed E-state index contributed by atoms with van der Waals surface area (Å²) in [5.41, 5.74) is 0.887. The van der Waals surface area contributed by atoms with E-state index < -0.39 is 0 Å². The Bertz CT molecular complexity index is 130. The van der Waals surface area contributed by atoms with E-state index in [4.69, 9.17) is 5.41 Å². The second-order valence-corrected chi connectivity index (χ2v) is 3.24. The van der Waals surface area contributed by atoms with Gasteiger partial charge in [0.25, 0.3) is 0 Å². The first kappa shape index (κ1) is 10.8. The zero-order valence-corrected chi connectivity index (χ0v) is 8.21. The van der Waals surface area contributed by atoms with E-state index in [-0.39, 0.29) is 0 Å². The number of hydrogen-bond acceptors (Lipinski definition) is 2. The topological polar surface area (TPSA) is 23.9 Å². The van der Waals surface area contributed by atoms with Crippen molar-refractivity contribution in [3.8, 4) is 0 Å². The van der Waals surface area contributed by atoms with Crippen LogP contribution in [0.25, 0.3) is 0 Å². The summed E-state index contributed by atoms with van der Waals surface area (Å²) >= 11 is 1.72. The minimum absolute atomic E-state index is 0.887. The Morgan fingerprint density at radius 1 is 1.45 bits per heavy atom. The molecular formula is C9H17NS. The Labute approximate surface area is 73.8 Å². The molecule has 0 radical (unpaired) electrons. The molecule has 0 bridgehead atoms. The lowest BCUT2D eigenvalue weighted by Crippen LogP contribution is -1.93. The average Bonchev–Trinajstić information content (AvgIpc) is 1.99. The molecular weight excluding hydrogens is 154 g/mol. The van der Waals surface area contributed by atoms with E-state index in [9.17, 15) is 0 Å². The molecule has 0 amide bonds. The van der Waals surface area contributed by atoms with Gasteiger partial charge in [-0.3, -0.25) is 0 Å². The molecule has 1 N–H and O–H groups in total. The lowest BCUT2D eigenvalue weighted by atomic mass is 10.1. The van der Waals surface area contributed by atoms with Crippen LogP contribution in [0.4, 0.5) is 0 Å². The molecule has 0 heterocycles. The molecule has 0 aromatic rings. The van der Waals surface area contributed by atoms with Crippen molar-refractivity contribution in [3.05, 3.63) is 11.5 Å². The molecule has 0 aromatic heterocycles. The monoisotopic (exact) mass is 171 g/mol. The van der Waals surface area contributed by atoms with Gasteiger partial charge in [0.05, 0.1) is 0 Å². The van der Waals surface area contributed by atoms with E-state index in [0.29, 0.717) is 0 Å². The van der Waals surface area contributed by atoms with Crippen LogP contribution in [0.2, 0.25) is 0 Å². The molecule has 1 nitrogen and oxygen atoms in total. The van der Waals surface area contributed by atoms with Crippen LogP contribution in [0.5, 0.6) is 0 Å². The van der Waals surface area contributed by atoms with Crippen LogP contribution in [-0.2, 0) is 0 Å². The van der Waals surface area contributed by atoms with Gasteiger partial charge >= 0.3 is 0 Å². The van der Waals surface area contributed by atoms with Crippen molar-refractivity contribution in [2.75, 3.05) is 6.26 Å². The van der Waals surface area contributed by atoms with E-state index in [0.717, 1.165) is 31.4 Å². The van der Waals surface area contributed by atoms with E-state index in [2.05, 4.69) is 18.4 Å². The fourth-order valence-corrected chi connectivity index (χ4v) is 1.18. The predicted octanol–water partition coefficient (Wildman–Crippen LogP) is 3.46. The van der Waals surface area contributed by atoms with Crippen LogP contribution in [0, 0.1) is 5.41 Å². The lowest BCUT2D eigenvalue weighted by molar-refractivity contribution is 0.936. The van der Waals surface area contributed by atoms with Crippen molar-refractivity contribution in [1.29, 1.82) is 5.41 Å². The minimum atomic E-state index is 0.887.